The molecule has 1 aliphatic heterocycles. The van der Waals surface area contributed by atoms with Crippen LogP contribution in [0.5, 0.6) is 0 Å². The van der Waals surface area contributed by atoms with Gasteiger partial charge in [0.25, 0.3) is 0 Å². The third-order valence-corrected chi connectivity index (χ3v) is 3.45. The van der Waals surface area contributed by atoms with Crippen molar-refractivity contribution in [2.75, 3.05) is 19.7 Å². The number of hydrogen-bond donors (Lipinski definition) is 1. The summed E-state index contributed by atoms with van der Waals surface area (Å²) in [7, 11) is 0. The summed E-state index contributed by atoms with van der Waals surface area (Å²) < 4.78 is 5.46. The highest BCUT2D eigenvalue weighted by Gasteiger charge is 2.58. The minimum absolute atomic E-state index is 0.0577. The Hall–Kier alpha value is -1.10. The largest absolute Gasteiger partial charge is 0.480 e. The van der Waals surface area contributed by atoms with E-state index in [0.717, 1.165) is 6.42 Å². The van der Waals surface area contributed by atoms with Crippen LogP contribution in [0, 0.1) is 5.41 Å². The molecule has 1 unspecified atom stereocenters. The van der Waals surface area contributed by atoms with Crippen molar-refractivity contribution in [2.45, 2.75) is 32.3 Å². The maximum absolute atomic E-state index is 12.1. The lowest BCUT2D eigenvalue weighted by atomic mass is 10.0. The first kappa shape index (κ1) is 11.4. The number of carboxylic acid groups (broad SMARTS) is 1. The summed E-state index contributed by atoms with van der Waals surface area (Å²) in [4.78, 5) is 24.8. The fourth-order valence-electron chi connectivity index (χ4n) is 2.10. The minimum Gasteiger partial charge on any atom is -0.480 e. The number of amides is 1. The Morgan fingerprint density at radius 1 is 1.50 bits per heavy atom. The summed E-state index contributed by atoms with van der Waals surface area (Å²) in [5.74, 6) is -1.20. The van der Waals surface area contributed by atoms with Crippen LogP contribution in [0.15, 0.2) is 0 Å². The van der Waals surface area contributed by atoms with Crippen LogP contribution in [-0.4, -0.2) is 47.7 Å². The van der Waals surface area contributed by atoms with Gasteiger partial charge in [-0.25, -0.2) is 0 Å². The van der Waals surface area contributed by atoms with Crippen molar-refractivity contribution in [3.05, 3.63) is 0 Å². The first-order chi connectivity index (χ1) is 7.60. The molecule has 1 amide bonds. The van der Waals surface area contributed by atoms with Crippen molar-refractivity contribution >= 4 is 11.9 Å². The Morgan fingerprint density at radius 3 is 2.69 bits per heavy atom. The van der Waals surface area contributed by atoms with Crippen molar-refractivity contribution in [3.63, 3.8) is 0 Å². The monoisotopic (exact) mass is 227 g/mol. The fraction of sp³-hybridized carbons (Fsp3) is 0.818. The first-order valence-corrected chi connectivity index (χ1v) is 5.74. The van der Waals surface area contributed by atoms with E-state index in [1.54, 1.807) is 4.90 Å². The highest BCUT2D eigenvalue weighted by atomic mass is 16.5. The van der Waals surface area contributed by atoms with E-state index in [4.69, 9.17) is 9.84 Å². The van der Waals surface area contributed by atoms with Crippen LogP contribution in [0.1, 0.15) is 26.2 Å². The lowest BCUT2D eigenvalue weighted by molar-refractivity contribution is -0.157. The molecule has 5 nitrogen and oxygen atoms in total. The molecule has 1 saturated carbocycles. The fourth-order valence-corrected chi connectivity index (χ4v) is 2.10. The van der Waals surface area contributed by atoms with Crippen LogP contribution in [-0.2, 0) is 14.3 Å². The van der Waals surface area contributed by atoms with Crippen LogP contribution < -0.4 is 0 Å². The molecule has 0 aromatic heterocycles. The molecule has 0 aromatic carbocycles. The van der Waals surface area contributed by atoms with Gasteiger partial charge in [0, 0.05) is 13.1 Å². The van der Waals surface area contributed by atoms with Gasteiger partial charge in [0.2, 0.25) is 5.91 Å². The van der Waals surface area contributed by atoms with Crippen LogP contribution in [0.3, 0.4) is 0 Å². The maximum atomic E-state index is 12.1. The van der Waals surface area contributed by atoms with E-state index in [1.807, 2.05) is 6.92 Å². The summed E-state index contributed by atoms with van der Waals surface area (Å²) in [5.41, 5.74) is -1.10. The lowest BCUT2D eigenvalue weighted by Crippen LogP contribution is -2.49. The van der Waals surface area contributed by atoms with Gasteiger partial charge in [-0.3, -0.25) is 9.59 Å². The number of carbonyl (C=O) groups excluding carboxylic acids is 1. The van der Waals surface area contributed by atoms with Gasteiger partial charge in [-0.2, -0.15) is 0 Å². The molecule has 0 bridgehead atoms. The molecule has 2 fully saturated rings. The van der Waals surface area contributed by atoms with Gasteiger partial charge < -0.3 is 14.7 Å². The highest BCUT2D eigenvalue weighted by molar-refractivity contribution is 6.04. The third kappa shape index (κ3) is 1.80. The molecule has 0 aromatic rings. The van der Waals surface area contributed by atoms with Crippen molar-refractivity contribution in [2.24, 2.45) is 5.41 Å². The second-order valence-corrected chi connectivity index (χ2v) is 4.54. The number of carbonyl (C=O) groups is 2. The van der Waals surface area contributed by atoms with E-state index in [0.29, 0.717) is 32.5 Å². The van der Waals surface area contributed by atoms with Gasteiger partial charge >= 0.3 is 5.97 Å². The quantitative estimate of drug-likeness (QED) is 0.712. The topological polar surface area (TPSA) is 66.8 Å². The number of aliphatic carboxylic acids is 1. The number of ether oxygens (including phenoxy) is 1. The second kappa shape index (κ2) is 4.05. The zero-order valence-corrected chi connectivity index (χ0v) is 9.44. The first-order valence-electron chi connectivity index (χ1n) is 5.74. The predicted molar refractivity (Wildman–Crippen MR) is 55.9 cm³/mol. The molecule has 1 heterocycles. The minimum atomic E-state index is -1.10. The second-order valence-electron chi connectivity index (χ2n) is 4.54. The van der Waals surface area contributed by atoms with Crippen molar-refractivity contribution in [1.29, 1.82) is 0 Å². The van der Waals surface area contributed by atoms with Gasteiger partial charge in [-0.05, 0) is 19.3 Å². The summed E-state index contributed by atoms with van der Waals surface area (Å²) >= 11 is 0. The van der Waals surface area contributed by atoms with Crippen molar-refractivity contribution in [1.82, 2.24) is 4.90 Å². The molecule has 1 aliphatic carbocycles. The van der Waals surface area contributed by atoms with Crippen LogP contribution in [0.25, 0.3) is 0 Å². The van der Waals surface area contributed by atoms with E-state index >= 15 is 0 Å². The Kier molecular flexibility index (Phi) is 2.88. The van der Waals surface area contributed by atoms with Gasteiger partial charge in [0.1, 0.15) is 5.41 Å². The standard InChI is InChI=1S/C11H17NO4/c1-2-8-7-12(5-6-16-8)9(13)11(3-4-11)10(14)15/h8H,2-7H2,1H3,(H,14,15). The summed E-state index contributed by atoms with van der Waals surface area (Å²) in [5, 5.41) is 9.05. The van der Waals surface area contributed by atoms with Crippen LogP contribution in [0.4, 0.5) is 0 Å². The number of morpholine rings is 1. The SMILES string of the molecule is CCC1CN(C(=O)C2(C(=O)O)CC2)CCO1. The van der Waals surface area contributed by atoms with Gasteiger partial charge in [-0.15, -0.1) is 0 Å². The Bertz CT molecular complexity index is 311. The molecule has 2 aliphatic rings. The molecular weight excluding hydrogens is 210 g/mol. The Balaban J connectivity index is 2.02. The molecule has 0 spiro atoms. The maximum Gasteiger partial charge on any atom is 0.319 e. The van der Waals surface area contributed by atoms with E-state index in [1.165, 1.54) is 0 Å². The van der Waals surface area contributed by atoms with Crippen LogP contribution >= 0.6 is 0 Å². The molecule has 5 heteroatoms. The average Bonchev–Trinajstić information content (AvgIpc) is 3.09. The number of rotatable bonds is 3. The van der Waals surface area contributed by atoms with E-state index in [-0.39, 0.29) is 12.0 Å². The molecule has 90 valence electrons. The summed E-state index contributed by atoms with van der Waals surface area (Å²) in [6.07, 6.45) is 1.87. The third-order valence-electron chi connectivity index (χ3n) is 3.45. The Labute approximate surface area is 94.4 Å². The molecule has 1 N–H and O–H groups in total. The Morgan fingerprint density at radius 2 is 2.19 bits per heavy atom. The van der Waals surface area contributed by atoms with E-state index in [9.17, 15) is 9.59 Å². The van der Waals surface area contributed by atoms with Crippen molar-refractivity contribution < 1.29 is 19.4 Å². The van der Waals surface area contributed by atoms with Gasteiger partial charge in [0.15, 0.2) is 0 Å². The van der Waals surface area contributed by atoms with Crippen molar-refractivity contribution in [3.8, 4) is 0 Å². The highest BCUT2D eigenvalue weighted by Crippen LogP contribution is 2.47. The molecule has 0 radical (unpaired) electrons. The summed E-state index contributed by atoms with van der Waals surface area (Å²) in [6.45, 7) is 3.57. The molecule has 1 atom stereocenters. The summed E-state index contributed by atoms with van der Waals surface area (Å²) in [6, 6.07) is 0. The number of hydrogen-bond acceptors (Lipinski definition) is 3. The molecule has 2 rings (SSSR count). The lowest BCUT2D eigenvalue weighted by Gasteiger charge is -2.34. The average molecular weight is 227 g/mol. The molecule has 1 saturated heterocycles. The predicted octanol–water partition coefficient (Wildman–Crippen LogP) is 0.489. The number of carboxylic acids is 1. The van der Waals surface area contributed by atoms with E-state index < -0.39 is 11.4 Å². The molecular formula is C11H17NO4. The van der Waals surface area contributed by atoms with Gasteiger partial charge in [-0.1, -0.05) is 6.92 Å². The molecule has 16 heavy (non-hydrogen) atoms. The van der Waals surface area contributed by atoms with Gasteiger partial charge in [0.05, 0.1) is 12.7 Å². The number of nitrogens with zero attached hydrogens (tertiary/aromatic N) is 1. The van der Waals surface area contributed by atoms with Crippen LogP contribution in [0.2, 0.25) is 0 Å². The zero-order chi connectivity index (χ0) is 11.8. The normalized spacial score (nSPS) is 27.6. The smallest absolute Gasteiger partial charge is 0.319 e. The van der Waals surface area contributed by atoms with E-state index in [2.05, 4.69) is 0 Å². The zero-order valence-electron chi connectivity index (χ0n) is 9.44.